The fraction of sp³-hybridized carbons (Fsp3) is 0.375. The van der Waals surface area contributed by atoms with Gasteiger partial charge in [0.15, 0.2) is 5.82 Å². The number of halogens is 2. The Hall–Kier alpha value is -0.640. The van der Waals surface area contributed by atoms with Crippen molar-refractivity contribution in [1.29, 1.82) is 0 Å². The van der Waals surface area contributed by atoms with Crippen molar-refractivity contribution in [2.24, 2.45) is 0 Å². The Morgan fingerprint density at radius 1 is 1.58 bits per heavy atom. The van der Waals surface area contributed by atoms with Gasteiger partial charge in [-0.05, 0) is 28.8 Å². The summed E-state index contributed by atoms with van der Waals surface area (Å²) in [6, 6.07) is 1.49. The zero-order valence-electron chi connectivity index (χ0n) is 6.40. The summed E-state index contributed by atoms with van der Waals surface area (Å²) in [6.45, 7) is 0.912. The smallest absolute Gasteiger partial charge is 0.158 e. The van der Waals surface area contributed by atoms with Gasteiger partial charge in [0.1, 0.15) is 4.60 Å². The lowest BCUT2D eigenvalue weighted by molar-refractivity contribution is 0.608. The van der Waals surface area contributed by atoms with Gasteiger partial charge >= 0.3 is 0 Å². The second-order valence-corrected chi connectivity index (χ2v) is 3.54. The first-order chi connectivity index (χ1) is 5.77. The van der Waals surface area contributed by atoms with Crippen LogP contribution in [0.4, 0.5) is 10.1 Å². The molecule has 1 aromatic rings. The third kappa shape index (κ3) is 1.31. The van der Waals surface area contributed by atoms with Gasteiger partial charge in [0.2, 0.25) is 0 Å². The van der Waals surface area contributed by atoms with E-state index in [-0.39, 0.29) is 5.82 Å². The maximum Gasteiger partial charge on any atom is 0.158 e. The van der Waals surface area contributed by atoms with Crippen molar-refractivity contribution in [1.82, 2.24) is 4.98 Å². The third-order valence-electron chi connectivity index (χ3n) is 1.92. The highest BCUT2D eigenvalue weighted by Gasteiger charge is 2.12. The van der Waals surface area contributed by atoms with Gasteiger partial charge in [0, 0.05) is 12.6 Å². The quantitative estimate of drug-likeness (QED) is 0.693. The van der Waals surface area contributed by atoms with Crippen LogP contribution in [0, 0.1) is 5.82 Å². The van der Waals surface area contributed by atoms with Crippen molar-refractivity contribution < 1.29 is 4.39 Å². The van der Waals surface area contributed by atoms with Gasteiger partial charge in [-0.25, -0.2) is 9.37 Å². The van der Waals surface area contributed by atoms with Crippen LogP contribution < -0.4 is 5.32 Å². The fourth-order valence-electron chi connectivity index (χ4n) is 1.32. The summed E-state index contributed by atoms with van der Waals surface area (Å²) in [4.78, 5) is 4.09. The molecule has 0 spiro atoms. The van der Waals surface area contributed by atoms with Gasteiger partial charge in [0.25, 0.3) is 0 Å². The second-order valence-electron chi connectivity index (χ2n) is 2.79. The van der Waals surface area contributed by atoms with E-state index < -0.39 is 0 Å². The first-order valence-corrected chi connectivity index (χ1v) is 4.65. The Bertz CT molecular complexity index is 283. The van der Waals surface area contributed by atoms with E-state index >= 15 is 0 Å². The molecule has 0 fully saturated rings. The number of aryl methyl sites for hydroxylation is 1. The molecule has 1 aliphatic heterocycles. The molecule has 0 saturated carbocycles. The highest BCUT2D eigenvalue weighted by atomic mass is 79.9. The van der Waals surface area contributed by atoms with Gasteiger partial charge < -0.3 is 5.32 Å². The lowest BCUT2D eigenvalue weighted by atomic mass is 10.1. The molecule has 0 atom stereocenters. The van der Waals surface area contributed by atoms with Crippen molar-refractivity contribution in [3.63, 3.8) is 0 Å². The van der Waals surface area contributed by atoms with E-state index in [1.165, 1.54) is 6.07 Å². The van der Waals surface area contributed by atoms with E-state index in [4.69, 9.17) is 0 Å². The number of anilines is 1. The van der Waals surface area contributed by atoms with E-state index in [1.807, 2.05) is 0 Å². The van der Waals surface area contributed by atoms with Gasteiger partial charge in [0.05, 0.1) is 11.4 Å². The van der Waals surface area contributed by atoms with Gasteiger partial charge in [-0.2, -0.15) is 0 Å². The van der Waals surface area contributed by atoms with Crippen molar-refractivity contribution in [2.75, 3.05) is 11.9 Å². The van der Waals surface area contributed by atoms with Gasteiger partial charge in [-0.15, -0.1) is 0 Å². The number of nitrogens with one attached hydrogen (secondary N) is 1. The minimum absolute atomic E-state index is 0.303. The summed E-state index contributed by atoms with van der Waals surface area (Å²) in [7, 11) is 0. The van der Waals surface area contributed by atoms with E-state index in [0.29, 0.717) is 4.60 Å². The predicted octanol–water partition coefficient (Wildman–Crippen LogP) is 2.34. The summed E-state index contributed by atoms with van der Waals surface area (Å²) < 4.78 is 13.3. The summed E-state index contributed by atoms with van der Waals surface area (Å²) in [6.07, 6.45) is 2.00. The SMILES string of the molecule is Fc1cc2c(nc1Br)CCCN2. The van der Waals surface area contributed by atoms with Crippen molar-refractivity contribution in [3.8, 4) is 0 Å². The molecule has 2 rings (SSSR count). The Kier molecular flexibility index (Phi) is 2.00. The second kappa shape index (κ2) is 3.01. The zero-order valence-corrected chi connectivity index (χ0v) is 7.99. The molecule has 0 aromatic carbocycles. The average Bonchev–Trinajstić information content (AvgIpc) is 2.07. The van der Waals surface area contributed by atoms with E-state index in [9.17, 15) is 4.39 Å². The fourth-order valence-corrected chi connectivity index (χ4v) is 1.65. The average molecular weight is 231 g/mol. The number of pyridine rings is 1. The summed E-state index contributed by atoms with van der Waals surface area (Å²) >= 11 is 3.06. The molecule has 1 N–H and O–H groups in total. The molecule has 1 aliphatic rings. The Labute approximate surface area is 78.3 Å². The van der Waals surface area contributed by atoms with E-state index in [2.05, 4.69) is 26.2 Å². The molecule has 0 radical (unpaired) electrons. The number of hydrogen-bond acceptors (Lipinski definition) is 2. The number of fused-ring (bicyclic) bond motifs is 1. The van der Waals surface area contributed by atoms with Crippen LogP contribution in [-0.4, -0.2) is 11.5 Å². The van der Waals surface area contributed by atoms with E-state index in [1.54, 1.807) is 0 Å². The largest absolute Gasteiger partial charge is 0.383 e. The van der Waals surface area contributed by atoms with Crippen LogP contribution in [0.1, 0.15) is 12.1 Å². The molecular formula is C8H8BrFN2. The molecule has 0 amide bonds. The summed E-state index contributed by atoms with van der Waals surface area (Å²) in [5, 5.41) is 3.11. The van der Waals surface area contributed by atoms with Gasteiger partial charge in [-0.3, -0.25) is 0 Å². The summed E-state index contributed by atoms with van der Waals surface area (Å²) in [5.74, 6) is -0.303. The number of nitrogens with zero attached hydrogens (tertiary/aromatic N) is 1. The molecule has 1 aromatic heterocycles. The molecular weight excluding hydrogens is 223 g/mol. The van der Waals surface area contributed by atoms with Crippen LogP contribution in [0.15, 0.2) is 10.7 Å². The highest BCUT2D eigenvalue weighted by Crippen LogP contribution is 2.24. The maximum absolute atomic E-state index is 13.0. The molecule has 0 bridgehead atoms. The Balaban J connectivity index is 2.49. The maximum atomic E-state index is 13.0. The minimum atomic E-state index is -0.303. The van der Waals surface area contributed by atoms with Crippen LogP contribution >= 0.6 is 15.9 Å². The van der Waals surface area contributed by atoms with Crippen LogP contribution in [-0.2, 0) is 6.42 Å². The van der Waals surface area contributed by atoms with E-state index in [0.717, 1.165) is 30.8 Å². The summed E-state index contributed by atoms with van der Waals surface area (Å²) in [5.41, 5.74) is 1.79. The number of rotatable bonds is 0. The molecule has 4 heteroatoms. The first-order valence-electron chi connectivity index (χ1n) is 3.86. The molecule has 0 unspecified atom stereocenters. The third-order valence-corrected chi connectivity index (χ3v) is 2.47. The van der Waals surface area contributed by atoms with Crippen LogP contribution in [0.25, 0.3) is 0 Å². The van der Waals surface area contributed by atoms with Crippen LogP contribution in [0.5, 0.6) is 0 Å². The monoisotopic (exact) mass is 230 g/mol. The minimum Gasteiger partial charge on any atom is -0.383 e. The molecule has 12 heavy (non-hydrogen) atoms. The Morgan fingerprint density at radius 2 is 2.42 bits per heavy atom. The number of hydrogen-bond donors (Lipinski definition) is 1. The molecule has 0 aliphatic carbocycles. The molecule has 64 valence electrons. The topological polar surface area (TPSA) is 24.9 Å². The lowest BCUT2D eigenvalue weighted by Crippen LogP contribution is -2.13. The highest BCUT2D eigenvalue weighted by molar-refractivity contribution is 9.10. The van der Waals surface area contributed by atoms with Crippen molar-refractivity contribution in [3.05, 3.63) is 22.2 Å². The Morgan fingerprint density at radius 3 is 3.25 bits per heavy atom. The van der Waals surface area contributed by atoms with Crippen LogP contribution in [0.3, 0.4) is 0 Å². The lowest BCUT2D eigenvalue weighted by Gasteiger charge is -2.16. The van der Waals surface area contributed by atoms with Gasteiger partial charge in [-0.1, -0.05) is 0 Å². The normalized spacial score (nSPS) is 15.2. The van der Waals surface area contributed by atoms with Crippen molar-refractivity contribution in [2.45, 2.75) is 12.8 Å². The molecule has 2 nitrogen and oxygen atoms in total. The first kappa shape index (κ1) is 7.98. The molecule has 0 saturated heterocycles. The standard InChI is InChI=1S/C8H8BrFN2/c9-8-5(10)4-7-6(12-8)2-1-3-11-7/h4,11H,1-3H2. The molecule has 2 heterocycles. The van der Waals surface area contributed by atoms with Crippen LogP contribution in [0.2, 0.25) is 0 Å². The predicted molar refractivity (Wildman–Crippen MR) is 48.7 cm³/mol. The number of aromatic nitrogens is 1. The zero-order chi connectivity index (χ0) is 8.55. The van der Waals surface area contributed by atoms with Crippen molar-refractivity contribution >= 4 is 21.6 Å².